The standard InChI is InChI=1S/C18H19NO/c20-15-9-10-19-17-8-4-2-6-14(17)11-13-5-1-3-7-16(13)18(19)12-15/h1-8,15,18,20H,9-12H2. The van der Waals surface area contributed by atoms with Gasteiger partial charge in [0.2, 0.25) is 0 Å². The Hall–Kier alpha value is -1.80. The fraction of sp³-hybridized carbons (Fsp3) is 0.333. The fourth-order valence-electron chi connectivity index (χ4n) is 3.70. The molecule has 2 aromatic carbocycles. The summed E-state index contributed by atoms with van der Waals surface area (Å²) >= 11 is 0. The maximum absolute atomic E-state index is 10.1. The third-order valence-corrected chi connectivity index (χ3v) is 4.67. The van der Waals surface area contributed by atoms with Crippen LogP contribution < -0.4 is 4.90 Å². The van der Waals surface area contributed by atoms with Crippen molar-refractivity contribution in [1.29, 1.82) is 0 Å². The van der Waals surface area contributed by atoms with Crippen molar-refractivity contribution in [1.82, 2.24) is 0 Å². The third-order valence-electron chi connectivity index (χ3n) is 4.67. The van der Waals surface area contributed by atoms with Gasteiger partial charge in [0.15, 0.2) is 0 Å². The van der Waals surface area contributed by atoms with E-state index in [4.69, 9.17) is 0 Å². The molecule has 1 N–H and O–H groups in total. The van der Waals surface area contributed by atoms with E-state index in [0.717, 1.165) is 25.8 Å². The molecule has 1 fully saturated rings. The Kier molecular flexibility index (Phi) is 2.78. The van der Waals surface area contributed by atoms with Gasteiger partial charge in [0.25, 0.3) is 0 Å². The molecule has 2 aromatic rings. The number of aliphatic hydroxyl groups is 1. The van der Waals surface area contributed by atoms with Gasteiger partial charge in [-0.1, -0.05) is 42.5 Å². The van der Waals surface area contributed by atoms with Gasteiger partial charge in [-0.2, -0.15) is 0 Å². The molecule has 20 heavy (non-hydrogen) atoms. The van der Waals surface area contributed by atoms with Crippen LogP contribution in [0.25, 0.3) is 0 Å². The molecule has 2 heterocycles. The number of piperidine rings is 1. The number of rotatable bonds is 0. The molecule has 1 saturated heterocycles. The van der Waals surface area contributed by atoms with Crippen LogP contribution in [0.1, 0.15) is 35.6 Å². The summed E-state index contributed by atoms with van der Waals surface area (Å²) in [6.07, 6.45) is 2.53. The summed E-state index contributed by atoms with van der Waals surface area (Å²) in [6, 6.07) is 17.7. The minimum absolute atomic E-state index is 0.172. The monoisotopic (exact) mass is 265 g/mol. The van der Waals surface area contributed by atoms with E-state index in [1.807, 2.05) is 0 Å². The van der Waals surface area contributed by atoms with E-state index in [-0.39, 0.29) is 6.10 Å². The highest BCUT2D eigenvalue weighted by Gasteiger charge is 2.33. The Bertz CT molecular complexity index is 637. The highest BCUT2D eigenvalue weighted by atomic mass is 16.3. The first kappa shape index (κ1) is 12.0. The predicted molar refractivity (Wildman–Crippen MR) is 81.0 cm³/mol. The van der Waals surface area contributed by atoms with E-state index < -0.39 is 0 Å². The molecule has 4 rings (SSSR count). The van der Waals surface area contributed by atoms with Crippen molar-refractivity contribution in [3.63, 3.8) is 0 Å². The van der Waals surface area contributed by atoms with E-state index >= 15 is 0 Å². The van der Waals surface area contributed by atoms with E-state index in [1.165, 1.54) is 22.4 Å². The van der Waals surface area contributed by atoms with Gasteiger partial charge in [-0.3, -0.25) is 0 Å². The molecule has 2 unspecified atom stereocenters. The van der Waals surface area contributed by atoms with Crippen molar-refractivity contribution < 1.29 is 5.11 Å². The van der Waals surface area contributed by atoms with Gasteiger partial charge >= 0.3 is 0 Å². The molecule has 0 radical (unpaired) electrons. The van der Waals surface area contributed by atoms with Crippen molar-refractivity contribution in [2.24, 2.45) is 0 Å². The van der Waals surface area contributed by atoms with Crippen LogP contribution in [0.15, 0.2) is 48.5 Å². The van der Waals surface area contributed by atoms with E-state index in [0.29, 0.717) is 6.04 Å². The normalized spacial score (nSPS) is 24.4. The Balaban J connectivity index is 1.90. The highest BCUT2D eigenvalue weighted by molar-refractivity contribution is 5.60. The Morgan fingerprint density at radius 2 is 1.70 bits per heavy atom. The maximum Gasteiger partial charge on any atom is 0.0580 e. The zero-order valence-corrected chi connectivity index (χ0v) is 11.5. The van der Waals surface area contributed by atoms with Gasteiger partial charge in [0.1, 0.15) is 0 Å². The summed E-state index contributed by atoms with van der Waals surface area (Å²) in [5.74, 6) is 0. The second-order valence-electron chi connectivity index (χ2n) is 5.89. The average molecular weight is 265 g/mol. The lowest BCUT2D eigenvalue weighted by Crippen LogP contribution is -2.38. The lowest BCUT2D eigenvalue weighted by Gasteiger charge is -2.39. The maximum atomic E-state index is 10.1. The molecular weight excluding hydrogens is 246 g/mol. The van der Waals surface area contributed by atoms with Gasteiger partial charge in [-0.25, -0.2) is 0 Å². The molecule has 2 heteroatoms. The molecule has 0 aromatic heterocycles. The average Bonchev–Trinajstić information content (AvgIpc) is 2.61. The van der Waals surface area contributed by atoms with Crippen molar-refractivity contribution in [3.8, 4) is 0 Å². The summed E-state index contributed by atoms with van der Waals surface area (Å²) in [5.41, 5.74) is 5.54. The fourth-order valence-corrected chi connectivity index (χ4v) is 3.70. The number of hydrogen-bond donors (Lipinski definition) is 1. The Morgan fingerprint density at radius 1 is 0.950 bits per heavy atom. The molecule has 0 aliphatic carbocycles. The number of para-hydroxylation sites is 1. The zero-order chi connectivity index (χ0) is 13.5. The van der Waals surface area contributed by atoms with Crippen LogP contribution >= 0.6 is 0 Å². The van der Waals surface area contributed by atoms with Crippen LogP contribution in [0, 0.1) is 0 Å². The highest BCUT2D eigenvalue weighted by Crippen LogP contribution is 2.41. The summed E-state index contributed by atoms with van der Waals surface area (Å²) in [4.78, 5) is 2.49. The lowest BCUT2D eigenvalue weighted by atomic mass is 9.91. The van der Waals surface area contributed by atoms with Gasteiger partial charge in [0.05, 0.1) is 12.1 Å². The van der Waals surface area contributed by atoms with Crippen LogP contribution in [0.4, 0.5) is 5.69 Å². The number of hydrogen-bond acceptors (Lipinski definition) is 2. The van der Waals surface area contributed by atoms with Crippen LogP contribution in [0.3, 0.4) is 0 Å². The lowest BCUT2D eigenvalue weighted by molar-refractivity contribution is 0.128. The van der Waals surface area contributed by atoms with Crippen LogP contribution in [-0.4, -0.2) is 17.8 Å². The molecule has 2 aliphatic heterocycles. The zero-order valence-electron chi connectivity index (χ0n) is 11.5. The van der Waals surface area contributed by atoms with Gasteiger partial charge in [-0.05, 0) is 42.0 Å². The van der Waals surface area contributed by atoms with Crippen molar-refractivity contribution in [2.45, 2.75) is 31.4 Å². The van der Waals surface area contributed by atoms with Crippen molar-refractivity contribution in [2.75, 3.05) is 11.4 Å². The quantitative estimate of drug-likeness (QED) is 0.790. The number of nitrogens with zero attached hydrogens (tertiary/aromatic N) is 1. The number of benzene rings is 2. The van der Waals surface area contributed by atoms with Crippen molar-refractivity contribution >= 4 is 5.69 Å². The summed E-state index contributed by atoms with van der Waals surface area (Å²) in [7, 11) is 0. The Morgan fingerprint density at radius 3 is 2.60 bits per heavy atom. The van der Waals surface area contributed by atoms with Gasteiger partial charge < -0.3 is 10.0 Å². The van der Waals surface area contributed by atoms with Crippen LogP contribution in [-0.2, 0) is 6.42 Å². The topological polar surface area (TPSA) is 23.5 Å². The number of aliphatic hydroxyl groups excluding tert-OH is 1. The molecule has 2 aliphatic rings. The minimum atomic E-state index is -0.172. The van der Waals surface area contributed by atoms with Crippen molar-refractivity contribution in [3.05, 3.63) is 65.2 Å². The molecule has 2 atom stereocenters. The van der Waals surface area contributed by atoms with E-state index in [1.54, 1.807) is 0 Å². The first-order valence-corrected chi connectivity index (χ1v) is 7.43. The first-order chi connectivity index (χ1) is 9.83. The Labute approximate surface area is 119 Å². The second-order valence-corrected chi connectivity index (χ2v) is 5.89. The summed E-state index contributed by atoms with van der Waals surface area (Å²) < 4.78 is 0. The van der Waals surface area contributed by atoms with Crippen LogP contribution in [0.2, 0.25) is 0 Å². The van der Waals surface area contributed by atoms with E-state index in [2.05, 4.69) is 53.4 Å². The first-order valence-electron chi connectivity index (χ1n) is 7.43. The molecule has 0 spiro atoms. The summed E-state index contributed by atoms with van der Waals surface area (Å²) in [6.45, 7) is 0.942. The van der Waals surface area contributed by atoms with Crippen LogP contribution in [0.5, 0.6) is 0 Å². The smallest absolute Gasteiger partial charge is 0.0580 e. The second kappa shape index (κ2) is 4.64. The summed E-state index contributed by atoms with van der Waals surface area (Å²) in [5, 5.41) is 10.1. The SMILES string of the molecule is OC1CCN2c3ccccc3Cc3ccccc3C2C1. The predicted octanol–water partition coefficient (Wildman–Crippen LogP) is 3.29. The molecule has 0 bridgehead atoms. The number of anilines is 1. The molecule has 0 amide bonds. The third kappa shape index (κ3) is 1.83. The molecular formula is C18H19NO. The molecule has 2 nitrogen and oxygen atoms in total. The van der Waals surface area contributed by atoms with Gasteiger partial charge in [0, 0.05) is 12.2 Å². The molecule has 0 saturated carbocycles. The molecule has 102 valence electrons. The van der Waals surface area contributed by atoms with E-state index in [9.17, 15) is 5.11 Å². The largest absolute Gasteiger partial charge is 0.393 e. The number of fused-ring (bicyclic) bond motifs is 5. The minimum Gasteiger partial charge on any atom is -0.393 e. The van der Waals surface area contributed by atoms with Gasteiger partial charge in [-0.15, -0.1) is 0 Å².